The smallest absolute Gasteiger partial charge is 0.0796 e. The van der Waals surface area contributed by atoms with Crippen molar-refractivity contribution in [3.8, 4) is 0 Å². The summed E-state index contributed by atoms with van der Waals surface area (Å²) in [6.45, 7) is 3.90. The average Bonchev–Trinajstić information content (AvgIpc) is 2.69. The minimum Gasteiger partial charge on any atom is -0.389 e. The van der Waals surface area contributed by atoms with Gasteiger partial charge in [-0.1, -0.05) is 17.7 Å². The van der Waals surface area contributed by atoms with Gasteiger partial charge in [-0.2, -0.15) is 0 Å². The molecular formula is C12H16ClNO. The molecule has 0 aliphatic carbocycles. The van der Waals surface area contributed by atoms with E-state index in [1.54, 1.807) is 6.92 Å². The first-order valence-electron chi connectivity index (χ1n) is 5.41. The zero-order valence-electron chi connectivity index (χ0n) is 8.91. The third-order valence-corrected chi connectivity index (χ3v) is 3.22. The van der Waals surface area contributed by atoms with Crippen molar-refractivity contribution in [2.24, 2.45) is 0 Å². The molecule has 0 radical (unpaired) electrons. The number of benzene rings is 1. The van der Waals surface area contributed by atoms with Crippen molar-refractivity contribution in [1.29, 1.82) is 0 Å². The lowest BCUT2D eigenvalue weighted by molar-refractivity contribution is 0.200. The number of halogens is 1. The molecular weight excluding hydrogens is 210 g/mol. The summed E-state index contributed by atoms with van der Waals surface area (Å²) in [5, 5.41) is 10.4. The molecule has 0 aromatic heterocycles. The normalized spacial score (nSPS) is 18.2. The molecule has 2 rings (SSSR count). The van der Waals surface area contributed by atoms with E-state index in [4.69, 9.17) is 11.6 Å². The molecule has 0 spiro atoms. The second-order valence-corrected chi connectivity index (χ2v) is 4.45. The van der Waals surface area contributed by atoms with E-state index in [2.05, 4.69) is 4.90 Å². The second-order valence-electron chi connectivity index (χ2n) is 4.04. The molecule has 1 N–H and O–H groups in total. The van der Waals surface area contributed by atoms with Crippen LogP contribution in [0.4, 0.5) is 5.69 Å². The van der Waals surface area contributed by atoms with Gasteiger partial charge in [0.1, 0.15) is 0 Å². The van der Waals surface area contributed by atoms with Crippen molar-refractivity contribution in [3.63, 3.8) is 0 Å². The van der Waals surface area contributed by atoms with Crippen molar-refractivity contribution < 1.29 is 5.11 Å². The summed E-state index contributed by atoms with van der Waals surface area (Å²) in [5.74, 6) is 0. The van der Waals surface area contributed by atoms with Crippen LogP contribution in [-0.4, -0.2) is 18.2 Å². The highest BCUT2D eigenvalue weighted by molar-refractivity contribution is 6.31. The van der Waals surface area contributed by atoms with E-state index in [0.29, 0.717) is 5.02 Å². The largest absolute Gasteiger partial charge is 0.389 e. The van der Waals surface area contributed by atoms with E-state index in [1.165, 1.54) is 12.8 Å². The molecule has 1 unspecified atom stereocenters. The summed E-state index contributed by atoms with van der Waals surface area (Å²) < 4.78 is 0. The van der Waals surface area contributed by atoms with E-state index in [1.807, 2.05) is 18.2 Å². The van der Waals surface area contributed by atoms with Gasteiger partial charge >= 0.3 is 0 Å². The monoisotopic (exact) mass is 225 g/mol. The van der Waals surface area contributed by atoms with Crippen molar-refractivity contribution >= 4 is 17.3 Å². The van der Waals surface area contributed by atoms with E-state index < -0.39 is 6.10 Å². The van der Waals surface area contributed by atoms with Crippen molar-refractivity contribution in [2.75, 3.05) is 18.0 Å². The molecule has 1 atom stereocenters. The van der Waals surface area contributed by atoms with E-state index >= 15 is 0 Å². The fourth-order valence-corrected chi connectivity index (χ4v) is 2.50. The number of aliphatic hydroxyl groups excluding tert-OH is 1. The lowest BCUT2D eigenvalue weighted by atomic mass is 10.1. The molecule has 0 amide bonds. The predicted molar refractivity (Wildman–Crippen MR) is 63.5 cm³/mol. The fraction of sp³-hybridized carbons (Fsp3) is 0.500. The summed E-state index contributed by atoms with van der Waals surface area (Å²) >= 11 is 6.12. The van der Waals surface area contributed by atoms with Crippen molar-refractivity contribution in [3.05, 3.63) is 28.8 Å². The molecule has 82 valence electrons. The molecule has 1 fully saturated rings. The third-order valence-electron chi connectivity index (χ3n) is 2.89. The number of anilines is 1. The molecule has 15 heavy (non-hydrogen) atoms. The molecule has 1 aromatic rings. The zero-order valence-corrected chi connectivity index (χ0v) is 9.67. The quantitative estimate of drug-likeness (QED) is 0.837. The Labute approximate surface area is 95.5 Å². The van der Waals surface area contributed by atoms with Gasteiger partial charge in [-0.15, -0.1) is 0 Å². The van der Waals surface area contributed by atoms with Gasteiger partial charge in [0.2, 0.25) is 0 Å². The molecule has 1 saturated heterocycles. The Bertz CT molecular complexity index is 345. The van der Waals surface area contributed by atoms with Crippen LogP contribution in [0.15, 0.2) is 18.2 Å². The van der Waals surface area contributed by atoms with Crippen molar-refractivity contribution in [2.45, 2.75) is 25.9 Å². The molecule has 0 saturated carbocycles. The summed E-state index contributed by atoms with van der Waals surface area (Å²) in [4.78, 5) is 2.30. The molecule has 1 aliphatic rings. The molecule has 1 heterocycles. The standard InChI is InChI=1S/C12H16ClNO/c1-9(15)12-10(13)5-4-6-11(12)14-7-2-3-8-14/h4-6,9,15H,2-3,7-8H2,1H3. The highest BCUT2D eigenvalue weighted by atomic mass is 35.5. The molecule has 0 bridgehead atoms. The van der Waals surface area contributed by atoms with Crippen LogP contribution in [0.3, 0.4) is 0 Å². The zero-order chi connectivity index (χ0) is 10.8. The second kappa shape index (κ2) is 4.42. The SMILES string of the molecule is CC(O)c1c(Cl)cccc1N1CCCC1. The van der Waals surface area contributed by atoms with E-state index in [-0.39, 0.29) is 0 Å². The van der Waals surface area contributed by atoms with Gasteiger partial charge in [0.15, 0.2) is 0 Å². The summed E-state index contributed by atoms with van der Waals surface area (Å²) in [6.07, 6.45) is 1.95. The van der Waals surface area contributed by atoms with E-state index in [0.717, 1.165) is 24.3 Å². The van der Waals surface area contributed by atoms with Gasteiger partial charge in [0, 0.05) is 29.4 Å². The first-order chi connectivity index (χ1) is 7.20. The Morgan fingerprint density at radius 3 is 2.60 bits per heavy atom. The van der Waals surface area contributed by atoms with Crippen LogP contribution in [0.25, 0.3) is 0 Å². The maximum absolute atomic E-state index is 9.73. The minimum atomic E-state index is -0.505. The maximum Gasteiger partial charge on any atom is 0.0796 e. The van der Waals surface area contributed by atoms with Crippen LogP contribution in [0.5, 0.6) is 0 Å². The van der Waals surface area contributed by atoms with Gasteiger partial charge in [0.05, 0.1) is 6.10 Å². The first-order valence-corrected chi connectivity index (χ1v) is 5.79. The maximum atomic E-state index is 9.73. The highest BCUT2D eigenvalue weighted by Crippen LogP contribution is 2.34. The topological polar surface area (TPSA) is 23.5 Å². The lowest BCUT2D eigenvalue weighted by Gasteiger charge is -2.23. The lowest BCUT2D eigenvalue weighted by Crippen LogP contribution is -2.20. The number of nitrogens with zero attached hydrogens (tertiary/aromatic N) is 1. The Morgan fingerprint density at radius 1 is 1.33 bits per heavy atom. The number of hydrogen-bond donors (Lipinski definition) is 1. The third kappa shape index (κ3) is 2.11. The van der Waals surface area contributed by atoms with Crippen LogP contribution in [0.2, 0.25) is 5.02 Å². The number of rotatable bonds is 2. The predicted octanol–water partition coefficient (Wildman–Crippen LogP) is 2.99. The Morgan fingerprint density at radius 2 is 2.00 bits per heavy atom. The minimum absolute atomic E-state index is 0.505. The average molecular weight is 226 g/mol. The Kier molecular flexibility index (Phi) is 3.17. The summed E-state index contributed by atoms with van der Waals surface area (Å²) in [5.41, 5.74) is 1.95. The van der Waals surface area contributed by atoms with Crippen LogP contribution in [-0.2, 0) is 0 Å². The van der Waals surface area contributed by atoms with Gasteiger partial charge < -0.3 is 10.0 Å². The summed E-state index contributed by atoms with van der Waals surface area (Å²) in [7, 11) is 0. The molecule has 1 aliphatic heterocycles. The van der Waals surface area contributed by atoms with Gasteiger partial charge in [-0.3, -0.25) is 0 Å². The van der Waals surface area contributed by atoms with Gasteiger partial charge in [-0.05, 0) is 31.9 Å². The fourth-order valence-electron chi connectivity index (χ4n) is 2.17. The van der Waals surface area contributed by atoms with Crippen molar-refractivity contribution in [1.82, 2.24) is 0 Å². The summed E-state index contributed by atoms with van der Waals surface area (Å²) in [6, 6.07) is 5.82. The van der Waals surface area contributed by atoms with Crippen LogP contribution < -0.4 is 4.90 Å². The number of aliphatic hydroxyl groups is 1. The Hall–Kier alpha value is -0.730. The van der Waals surface area contributed by atoms with Gasteiger partial charge in [-0.25, -0.2) is 0 Å². The number of hydrogen-bond acceptors (Lipinski definition) is 2. The van der Waals surface area contributed by atoms with E-state index in [9.17, 15) is 5.11 Å². The highest BCUT2D eigenvalue weighted by Gasteiger charge is 2.19. The Balaban J connectivity index is 2.40. The van der Waals surface area contributed by atoms with Crippen LogP contribution in [0.1, 0.15) is 31.4 Å². The molecule has 2 nitrogen and oxygen atoms in total. The molecule has 3 heteroatoms. The van der Waals surface area contributed by atoms with Crippen LogP contribution in [0, 0.1) is 0 Å². The van der Waals surface area contributed by atoms with Gasteiger partial charge in [0.25, 0.3) is 0 Å². The first kappa shape index (κ1) is 10.8. The molecule has 1 aromatic carbocycles. The van der Waals surface area contributed by atoms with Crippen LogP contribution >= 0.6 is 11.6 Å².